The molecule has 32 heavy (non-hydrogen) atoms. The van der Waals surface area contributed by atoms with Crippen molar-refractivity contribution >= 4 is 39.0 Å². The van der Waals surface area contributed by atoms with Gasteiger partial charge in [-0.25, -0.2) is 10.4 Å². The Labute approximate surface area is 196 Å². The zero-order valence-electron chi connectivity index (χ0n) is 18.3. The van der Waals surface area contributed by atoms with Crippen molar-refractivity contribution in [2.75, 3.05) is 0 Å². The van der Waals surface area contributed by atoms with Gasteiger partial charge in [0.1, 0.15) is 0 Å². The highest BCUT2D eigenvalue weighted by Crippen LogP contribution is 2.27. The predicted octanol–water partition coefficient (Wildman–Crippen LogP) is 6.86. The van der Waals surface area contributed by atoms with Crippen molar-refractivity contribution in [3.05, 3.63) is 99.5 Å². The molecule has 160 valence electrons. The van der Waals surface area contributed by atoms with E-state index in [0.717, 1.165) is 32.2 Å². The molecule has 5 heteroatoms. The van der Waals surface area contributed by atoms with Crippen molar-refractivity contribution in [1.82, 2.24) is 10.4 Å². The molecule has 0 aliphatic rings. The van der Waals surface area contributed by atoms with E-state index in [1.807, 2.05) is 67.6 Å². The maximum Gasteiger partial charge on any atom is 0.272 e. The predicted molar refractivity (Wildman–Crippen MR) is 135 cm³/mol. The van der Waals surface area contributed by atoms with E-state index < -0.39 is 0 Å². The number of fused-ring (bicyclic) bond motifs is 1. The molecular formula is C27H24BrN3O. The number of hydrogen-bond acceptors (Lipinski definition) is 3. The number of hydrogen-bond donors (Lipinski definition) is 1. The van der Waals surface area contributed by atoms with Crippen molar-refractivity contribution in [1.29, 1.82) is 0 Å². The minimum Gasteiger partial charge on any atom is -0.267 e. The van der Waals surface area contributed by atoms with E-state index >= 15 is 0 Å². The summed E-state index contributed by atoms with van der Waals surface area (Å²) in [4.78, 5) is 17.8. The first-order chi connectivity index (χ1) is 15.4. The molecule has 0 aliphatic carbocycles. The number of amides is 1. The fraction of sp³-hybridized carbons (Fsp3) is 0.148. The zero-order valence-corrected chi connectivity index (χ0v) is 19.8. The first-order valence-corrected chi connectivity index (χ1v) is 11.3. The molecule has 0 saturated heterocycles. The summed E-state index contributed by atoms with van der Waals surface area (Å²) in [5.41, 5.74) is 9.03. The van der Waals surface area contributed by atoms with Gasteiger partial charge in [-0.2, -0.15) is 5.10 Å². The molecule has 0 atom stereocenters. The normalized spacial score (nSPS) is 11.4. The number of benzene rings is 3. The fourth-order valence-electron chi connectivity index (χ4n) is 3.45. The Hall–Kier alpha value is -3.31. The summed E-state index contributed by atoms with van der Waals surface area (Å²) in [5, 5.41) is 4.95. The van der Waals surface area contributed by atoms with Crippen LogP contribution in [0.5, 0.6) is 0 Å². The fourth-order valence-corrected chi connectivity index (χ4v) is 3.81. The van der Waals surface area contributed by atoms with Gasteiger partial charge in [-0.05, 0) is 48.2 Å². The number of halogens is 1. The minimum atomic E-state index is -0.279. The van der Waals surface area contributed by atoms with Gasteiger partial charge in [0.2, 0.25) is 0 Å². The van der Waals surface area contributed by atoms with E-state index in [0.29, 0.717) is 11.5 Å². The lowest BCUT2D eigenvalue weighted by molar-refractivity contribution is 0.0956. The Morgan fingerprint density at radius 1 is 1.00 bits per heavy atom. The number of nitrogens with zero attached hydrogens (tertiary/aromatic N) is 2. The van der Waals surface area contributed by atoms with Gasteiger partial charge < -0.3 is 0 Å². The second-order valence-corrected chi connectivity index (χ2v) is 9.02. The van der Waals surface area contributed by atoms with Gasteiger partial charge in [0.25, 0.3) is 5.91 Å². The molecule has 1 aromatic heterocycles. The van der Waals surface area contributed by atoms with Crippen LogP contribution in [0.2, 0.25) is 0 Å². The highest BCUT2D eigenvalue weighted by Gasteiger charge is 2.14. The van der Waals surface area contributed by atoms with Crippen LogP contribution < -0.4 is 5.43 Å². The van der Waals surface area contributed by atoms with E-state index in [2.05, 4.69) is 52.4 Å². The van der Waals surface area contributed by atoms with Crippen LogP contribution in [0.15, 0.2) is 82.4 Å². The SMILES string of the molecule is Cc1ccc(-c2cc(C(=O)N/N=C/c3ccc(C(C)C)cc3)c3cc(Br)ccc3n2)cc1. The van der Waals surface area contributed by atoms with Gasteiger partial charge in [-0.15, -0.1) is 0 Å². The molecule has 1 amide bonds. The minimum absolute atomic E-state index is 0.279. The van der Waals surface area contributed by atoms with E-state index in [9.17, 15) is 4.79 Å². The first-order valence-electron chi connectivity index (χ1n) is 10.5. The number of rotatable bonds is 5. The van der Waals surface area contributed by atoms with Gasteiger partial charge in [0.05, 0.1) is 23.0 Å². The van der Waals surface area contributed by atoms with Crippen molar-refractivity contribution in [2.45, 2.75) is 26.7 Å². The maximum atomic E-state index is 13.1. The van der Waals surface area contributed by atoms with Crippen LogP contribution in [0.3, 0.4) is 0 Å². The Morgan fingerprint density at radius 2 is 1.72 bits per heavy atom. The number of hydrazone groups is 1. The van der Waals surface area contributed by atoms with Gasteiger partial charge in [0, 0.05) is 15.4 Å². The van der Waals surface area contributed by atoms with E-state index in [-0.39, 0.29) is 5.91 Å². The van der Waals surface area contributed by atoms with E-state index in [4.69, 9.17) is 4.98 Å². The molecule has 1 N–H and O–H groups in total. The molecule has 0 unspecified atom stereocenters. The smallest absolute Gasteiger partial charge is 0.267 e. The zero-order chi connectivity index (χ0) is 22.7. The van der Waals surface area contributed by atoms with Crippen molar-refractivity contribution < 1.29 is 4.79 Å². The standard InChI is InChI=1S/C27H24BrN3O/c1-17(2)20-10-6-19(7-11-20)16-29-31-27(32)24-15-26(21-8-4-18(3)5-9-21)30-25-13-12-22(28)14-23(24)25/h4-17H,1-3H3,(H,31,32)/b29-16+. The average Bonchev–Trinajstić information content (AvgIpc) is 2.79. The maximum absolute atomic E-state index is 13.1. The van der Waals surface area contributed by atoms with E-state index in [1.165, 1.54) is 11.1 Å². The molecular weight excluding hydrogens is 462 g/mol. The van der Waals surface area contributed by atoms with E-state index in [1.54, 1.807) is 6.21 Å². The number of nitrogens with one attached hydrogen (secondary N) is 1. The number of aromatic nitrogens is 1. The Balaban J connectivity index is 1.64. The summed E-state index contributed by atoms with van der Waals surface area (Å²) in [6, 6.07) is 23.8. The first kappa shape index (κ1) is 21.9. The molecule has 0 radical (unpaired) electrons. The highest BCUT2D eigenvalue weighted by molar-refractivity contribution is 9.10. The van der Waals surface area contributed by atoms with Crippen LogP contribution in [0, 0.1) is 6.92 Å². The number of carbonyl (C=O) groups is 1. The molecule has 0 bridgehead atoms. The third-order valence-corrected chi connectivity index (χ3v) is 5.84. The lowest BCUT2D eigenvalue weighted by Gasteiger charge is -2.10. The van der Waals surface area contributed by atoms with Crippen LogP contribution in [-0.2, 0) is 0 Å². The molecule has 0 aliphatic heterocycles. The summed E-state index contributed by atoms with van der Waals surface area (Å²) >= 11 is 3.50. The molecule has 0 fully saturated rings. The summed E-state index contributed by atoms with van der Waals surface area (Å²) in [6.07, 6.45) is 1.65. The quantitative estimate of drug-likeness (QED) is 0.248. The van der Waals surface area contributed by atoms with Gasteiger partial charge in [-0.3, -0.25) is 4.79 Å². The van der Waals surface area contributed by atoms with Crippen molar-refractivity contribution in [3.63, 3.8) is 0 Å². The second kappa shape index (κ2) is 9.45. The molecule has 0 spiro atoms. The summed E-state index contributed by atoms with van der Waals surface area (Å²) < 4.78 is 0.887. The molecule has 0 saturated carbocycles. The molecule has 1 heterocycles. The molecule has 4 aromatic rings. The topological polar surface area (TPSA) is 54.4 Å². The average molecular weight is 486 g/mol. The largest absolute Gasteiger partial charge is 0.272 e. The monoisotopic (exact) mass is 485 g/mol. The van der Waals surface area contributed by atoms with Crippen molar-refractivity contribution in [2.24, 2.45) is 5.10 Å². The lowest BCUT2D eigenvalue weighted by atomic mass is 10.0. The van der Waals surface area contributed by atoms with Crippen molar-refractivity contribution in [3.8, 4) is 11.3 Å². The Kier molecular flexibility index (Phi) is 6.47. The lowest BCUT2D eigenvalue weighted by Crippen LogP contribution is -2.18. The molecule has 3 aromatic carbocycles. The summed E-state index contributed by atoms with van der Waals surface area (Å²) in [5.74, 6) is 0.196. The van der Waals surface area contributed by atoms with Crippen LogP contribution in [0.4, 0.5) is 0 Å². The van der Waals surface area contributed by atoms with Gasteiger partial charge >= 0.3 is 0 Å². The van der Waals surface area contributed by atoms with Crippen LogP contribution >= 0.6 is 15.9 Å². The Morgan fingerprint density at radius 3 is 2.41 bits per heavy atom. The van der Waals surface area contributed by atoms with Crippen LogP contribution in [0.25, 0.3) is 22.2 Å². The molecule has 4 rings (SSSR count). The number of aryl methyl sites for hydroxylation is 1. The highest BCUT2D eigenvalue weighted by atomic mass is 79.9. The van der Waals surface area contributed by atoms with Crippen LogP contribution in [-0.4, -0.2) is 17.1 Å². The third kappa shape index (κ3) is 4.94. The van der Waals surface area contributed by atoms with Gasteiger partial charge in [-0.1, -0.05) is 83.9 Å². The Bertz CT molecular complexity index is 1290. The third-order valence-electron chi connectivity index (χ3n) is 5.35. The van der Waals surface area contributed by atoms with Crippen LogP contribution in [0.1, 0.15) is 46.8 Å². The number of carbonyl (C=O) groups excluding carboxylic acids is 1. The second-order valence-electron chi connectivity index (χ2n) is 8.10. The number of pyridine rings is 1. The summed E-state index contributed by atoms with van der Waals surface area (Å²) in [6.45, 7) is 6.36. The van der Waals surface area contributed by atoms with Gasteiger partial charge in [0.15, 0.2) is 0 Å². The molecule has 4 nitrogen and oxygen atoms in total. The summed E-state index contributed by atoms with van der Waals surface area (Å²) in [7, 11) is 0.